The first-order valence-corrected chi connectivity index (χ1v) is 3.32. The molecule has 0 aromatic rings. The van der Waals surface area contributed by atoms with Crippen LogP contribution in [0.1, 0.15) is 12.8 Å². The number of nitrogens with zero attached hydrogens (tertiary/aromatic N) is 1. The Labute approximate surface area is 66.0 Å². The van der Waals surface area contributed by atoms with Crippen LogP contribution < -0.4 is 11.5 Å². The van der Waals surface area contributed by atoms with E-state index in [1.165, 1.54) is 6.20 Å². The summed E-state index contributed by atoms with van der Waals surface area (Å²) in [6, 6.07) is 0. The Hall–Kier alpha value is -1.32. The van der Waals surface area contributed by atoms with Gasteiger partial charge in [-0.3, -0.25) is 9.79 Å². The van der Waals surface area contributed by atoms with Gasteiger partial charge in [-0.25, -0.2) is 0 Å². The maximum atomic E-state index is 10.3. The van der Waals surface area contributed by atoms with Crippen molar-refractivity contribution in [3.63, 3.8) is 0 Å². The van der Waals surface area contributed by atoms with Crippen molar-refractivity contribution in [2.24, 2.45) is 16.5 Å². The standard InChI is InChI=1S/C7H13N3O/c1-10-5-6(4-8)2-3-7(9)11/h4-5H,2-3,8H2,1H3,(H2,9,11)/b6-4-,10-5?. The molecule has 4 N–H and O–H groups in total. The zero-order valence-electron chi connectivity index (χ0n) is 6.58. The quantitative estimate of drug-likeness (QED) is 0.551. The summed E-state index contributed by atoms with van der Waals surface area (Å²) in [6.45, 7) is 0. The summed E-state index contributed by atoms with van der Waals surface area (Å²) in [7, 11) is 1.65. The highest BCUT2D eigenvalue weighted by Gasteiger charge is 1.96. The molecule has 0 saturated carbocycles. The Morgan fingerprint density at radius 1 is 1.55 bits per heavy atom. The summed E-state index contributed by atoms with van der Waals surface area (Å²) in [5, 5.41) is 0. The number of allylic oxidation sites excluding steroid dienone is 1. The van der Waals surface area contributed by atoms with Gasteiger partial charge in [-0.2, -0.15) is 0 Å². The molecule has 0 aliphatic heterocycles. The summed E-state index contributed by atoms with van der Waals surface area (Å²) in [4.78, 5) is 14.1. The van der Waals surface area contributed by atoms with Crippen LogP contribution in [0.15, 0.2) is 16.8 Å². The van der Waals surface area contributed by atoms with E-state index < -0.39 is 0 Å². The molecule has 0 aliphatic rings. The van der Waals surface area contributed by atoms with Crippen LogP contribution in [0.5, 0.6) is 0 Å². The summed E-state index contributed by atoms with van der Waals surface area (Å²) in [5.41, 5.74) is 11.0. The smallest absolute Gasteiger partial charge is 0.217 e. The predicted molar refractivity (Wildman–Crippen MR) is 45.1 cm³/mol. The fraction of sp³-hybridized carbons (Fsp3) is 0.429. The van der Waals surface area contributed by atoms with Gasteiger partial charge in [-0.1, -0.05) is 0 Å². The van der Waals surface area contributed by atoms with Gasteiger partial charge in [0, 0.05) is 19.7 Å². The Morgan fingerprint density at radius 3 is 2.55 bits per heavy atom. The van der Waals surface area contributed by atoms with Crippen molar-refractivity contribution < 1.29 is 4.79 Å². The van der Waals surface area contributed by atoms with Crippen LogP contribution in [0.3, 0.4) is 0 Å². The van der Waals surface area contributed by atoms with Crippen molar-refractivity contribution in [3.05, 3.63) is 11.8 Å². The highest BCUT2D eigenvalue weighted by molar-refractivity contribution is 5.80. The Kier molecular flexibility index (Phi) is 4.81. The van der Waals surface area contributed by atoms with E-state index in [2.05, 4.69) is 4.99 Å². The molecule has 0 saturated heterocycles. The average molecular weight is 155 g/mol. The summed E-state index contributed by atoms with van der Waals surface area (Å²) in [5.74, 6) is -0.325. The number of amides is 1. The molecule has 4 nitrogen and oxygen atoms in total. The number of hydrogen-bond donors (Lipinski definition) is 2. The van der Waals surface area contributed by atoms with Gasteiger partial charge in [0.15, 0.2) is 0 Å². The first-order chi connectivity index (χ1) is 5.20. The van der Waals surface area contributed by atoms with Crippen LogP contribution in [0.25, 0.3) is 0 Å². The molecular weight excluding hydrogens is 142 g/mol. The molecule has 0 atom stereocenters. The molecule has 0 radical (unpaired) electrons. The highest BCUT2D eigenvalue weighted by atomic mass is 16.1. The van der Waals surface area contributed by atoms with Gasteiger partial charge in [0.2, 0.25) is 5.91 Å². The van der Waals surface area contributed by atoms with E-state index in [1.807, 2.05) is 0 Å². The minimum absolute atomic E-state index is 0.315. The third kappa shape index (κ3) is 5.14. The number of nitrogens with two attached hydrogens (primary N) is 2. The lowest BCUT2D eigenvalue weighted by Crippen LogP contribution is -2.10. The SMILES string of the molecule is CN=C/C(=C\N)CCC(N)=O. The Morgan fingerprint density at radius 2 is 2.18 bits per heavy atom. The van der Waals surface area contributed by atoms with Crippen molar-refractivity contribution in [2.45, 2.75) is 12.8 Å². The number of aliphatic imine (C=N–C) groups is 1. The van der Waals surface area contributed by atoms with E-state index in [9.17, 15) is 4.79 Å². The third-order valence-corrected chi connectivity index (χ3v) is 1.17. The molecule has 0 aromatic carbocycles. The van der Waals surface area contributed by atoms with Crippen molar-refractivity contribution in [1.29, 1.82) is 0 Å². The maximum Gasteiger partial charge on any atom is 0.217 e. The minimum atomic E-state index is -0.325. The van der Waals surface area contributed by atoms with Crippen LogP contribution in [-0.4, -0.2) is 19.2 Å². The lowest BCUT2D eigenvalue weighted by Gasteiger charge is -1.95. The lowest BCUT2D eigenvalue weighted by atomic mass is 10.1. The normalized spacial score (nSPS) is 12.3. The molecule has 0 bridgehead atoms. The van der Waals surface area contributed by atoms with Crippen molar-refractivity contribution >= 4 is 12.1 Å². The van der Waals surface area contributed by atoms with Crippen molar-refractivity contribution in [2.75, 3.05) is 7.05 Å². The van der Waals surface area contributed by atoms with E-state index >= 15 is 0 Å². The van der Waals surface area contributed by atoms with Gasteiger partial charge in [0.1, 0.15) is 0 Å². The van der Waals surface area contributed by atoms with E-state index in [4.69, 9.17) is 11.5 Å². The zero-order valence-corrected chi connectivity index (χ0v) is 6.58. The fourth-order valence-corrected chi connectivity index (χ4v) is 0.624. The van der Waals surface area contributed by atoms with E-state index in [1.54, 1.807) is 13.3 Å². The van der Waals surface area contributed by atoms with Crippen LogP contribution in [0.2, 0.25) is 0 Å². The molecule has 0 spiro atoms. The molecule has 0 aromatic heterocycles. The van der Waals surface area contributed by atoms with Crippen LogP contribution in [0.4, 0.5) is 0 Å². The molecule has 0 unspecified atom stereocenters. The Bertz CT molecular complexity index is 184. The number of primary amides is 1. The second-order valence-electron chi connectivity index (χ2n) is 2.10. The number of carbonyl (C=O) groups is 1. The summed E-state index contributed by atoms with van der Waals surface area (Å²) < 4.78 is 0. The average Bonchev–Trinajstić information content (AvgIpc) is 1.97. The van der Waals surface area contributed by atoms with Crippen molar-refractivity contribution in [3.8, 4) is 0 Å². The van der Waals surface area contributed by atoms with Gasteiger partial charge in [0.05, 0.1) is 0 Å². The van der Waals surface area contributed by atoms with Gasteiger partial charge in [-0.05, 0) is 18.2 Å². The van der Waals surface area contributed by atoms with E-state index in [0.717, 1.165) is 5.57 Å². The minimum Gasteiger partial charge on any atom is -0.404 e. The van der Waals surface area contributed by atoms with E-state index in [-0.39, 0.29) is 5.91 Å². The van der Waals surface area contributed by atoms with Crippen molar-refractivity contribution in [1.82, 2.24) is 0 Å². The van der Waals surface area contributed by atoms with Crippen LogP contribution >= 0.6 is 0 Å². The number of carbonyl (C=O) groups excluding carboxylic acids is 1. The van der Waals surface area contributed by atoms with Gasteiger partial charge < -0.3 is 11.5 Å². The molecule has 0 aliphatic carbocycles. The first-order valence-electron chi connectivity index (χ1n) is 3.32. The third-order valence-electron chi connectivity index (χ3n) is 1.17. The molecular formula is C7H13N3O. The molecule has 62 valence electrons. The van der Waals surface area contributed by atoms with Gasteiger partial charge >= 0.3 is 0 Å². The summed E-state index contributed by atoms with van der Waals surface area (Å²) in [6.07, 6.45) is 3.91. The molecule has 1 amide bonds. The molecule has 4 heteroatoms. The molecule has 0 heterocycles. The summed E-state index contributed by atoms with van der Waals surface area (Å²) >= 11 is 0. The number of hydrogen-bond acceptors (Lipinski definition) is 3. The second kappa shape index (κ2) is 5.46. The fourth-order valence-electron chi connectivity index (χ4n) is 0.624. The van der Waals surface area contributed by atoms with Crippen LogP contribution in [0, 0.1) is 0 Å². The second-order valence-corrected chi connectivity index (χ2v) is 2.10. The lowest BCUT2D eigenvalue weighted by molar-refractivity contribution is -0.117. The topological polar surface area (TPSA) is 81.5 Å². The number of rotatable bonds is 4. The van der Waals surface area contributed by atoms with Crippen LogP contribution in [-0.2, 0) is 4.79 Å². The van der Waals surface area contributed by atoms with E-state index in [0.29, 0.717) is 12.8 Å². The largest absolute Gasteiger partial charge is 0.404 e. The highest BCUT2D eigenvalue weighted by Crippen LogP contribution is 1.99. The predicted octanol–water partition coefficient (Wildman–Crippen LogP) is -0.205. The molecule has 11 heavy (non-hydrogen) atoms. The molecule has 0 fully saturated rings. The van der Waals surface area contributed by atoms with Gasteiger partial charge in [0.25, 0.3) is 0 Å². The van der Waals surface area contributed by atoms with Gasteiger partial charge in [-0.15, -0.1) is 0 Å². The Balaban J connectivity index is 3.81. The first kappa shape index (κ1) is 9.68. The monoisotopic (exact) mass is 155 g/mol. The molecule has 0 rings (SSSR count). The maximum absolute atomic E-state index is 10.3. The zero-order chi connectivity index (χ0) is 8.69.